The zero-order valence-electron chi connectivity index (χ0n) is 17.8. The molecule has 2 aliphatic rings. The number of fused-ring (bicyclic) bond motifs is 1. The molecule has 158 valence electrons. The number of carbonyl (C=O) groups is 1. The molecule has 1 N–H and O–H groups in total. The van der Waals surface area contributed by atoms with E-state index in [0.29, 0.717) is 13.1 Å². The lowest BCUT2D eigenvalue weighted by atomic mass is 9.85. The third-order valence-electron chi connectivity index (χ3n) is 6.40. The van der Waals surface area contributed by atoms with Gasteiger partial charge in [-0.3, -0.25) is 9.69 Å². The van der Waals surface area contributed by atoms with Gasteiger partial charge in [0.25, 0.3) is 0 Å². The summed E-state index contributed by atoms with van der Waals surface area (Å²) in [6.45, 7) is 4.54. The molecule has 0 radical (unpaired) electrons. The molecule has 1 fully saturated rings. The number of rotatable bonds is 9. The average molecular weight is 422 g/mol. The van der Waals surface area contributed by atoms with Crippen molar-refractivity contribution in [3.8, 4) is 0 Å². The van der Waals surface area contributed by atoms with Crippen LogP contribution in [0.5, 0.6) is 0 Å². The van der Waals surface area contributed by atoms with Crippen LogP contribution in [-0.4, -0.2) is 41.4 Å². The van der Waals surface area contributed by atoms with Crippen molar-refractivity contribution in [2.75, 3.05) is 25.4 Å². The summed E-state index contributed by atoms with van der Waals surface area (Å²) in [7, 11) is 0. The van der Waals surface area contributed by atoms with Gasteiger partial charge >= 0.3 is 5.97 Å². The van der Waals surface area contributed by atoms with Gasteiger partial charge in [0.2, 0.25) is 0 Å². The standard InChI is InChI=1S/C26H31NO2S/c1-19-22(16-27-17-23(18-27)26(28)29)11-10-21-15-24(12-13-25(19)21)30-14-6-5-9-20-7-3-2-4-8-20/h2-4,7-8,12-13,15,23H,5-6,9-11,14,16-18H2,1H3,(H,28,29). The maximum atomic E-state index is 11.0. The number of unbranched alkanes of at least 4 members (excludes halogenated alkanes) is 1. The van der Waals surface area contributed by atoms with Crippen LogP contribution in [0.4, 0.5) is 0 Å². The van der Waals surface area contributed by atoms with Crippen LogP contribution >= 0.6 is 11.8 Å². The average Bonchev–Trinajstić information content (AvgIpc) is 2.72. The Kier molecular flexibility index (Phi) is 6.96. The molecule has 0 amide bonds. The van der Waals surface area contributed by atoms with Crippen LogP contribution in [0.3, 0.4) is 0 Å². The highest BCUT2D eigenvalue weighted by molar-refractivity contribution is 7.99. The number of carboxylic acid groups (broad SMARTS) is 1. The first-order valence-electron chi connectivity index (χ1n) is 11.0. The van der Waals surface area contributed by atoms with E-state index >= 15 is 0 Å². The van der Waals surface area contributed by atoms with Gasteiger partial charge in [-0.15, -0.1) is 11.8 Å². The van der Waals surface area contributed by atoms with Crippen molar-refractivity contribution in [1.29, 1.82) is 0 Å². The first-order chi connectivity index (χ1) is 14.6. The van der Waals surface area contributed by atoms with E-state index in [1.807, 2.05) is 11.8 Å². The van der Waals surface area contributed by atoms with Crippen LogP contribution < -0.4 is 0 Å². The van der Waals surface area contributed by atoms with Crippen LogP contribution in [0, 0.1) is 5.92 Å². The number of carboxylic acids is 1. The highest BCUT2D eigenvalue weighted by atomic mass is 32.2. The number of nitrogens with zero attached hydrogens (tertiary/aromatic N) is 1. The summed E-state index contributed by atoms with van der Waals surface area (Å²) >= 11 is 1.98. The van der Waals surface area contributed by atoms with Gasteiger partial charge in [0.1, 0.15) is 0 Å². The number of benzene rings is 2. The minimum Gasteiger partial charge on any atom is -0.481 e. The normalized spacial score (nSPS) is 17.0. The number of aryl methyl sites for hydroxylation is 2. The van der Waals surface area contributed by atoms with E-state index in [1.165, 1.54) is 57.7 Å². The smallest absolute Gasteiger partial charge is 0.309 e. The highest BCUT2D eigenvalue weighted by Gasteiger charge is 2.33. The lowest BCUT2D eigenvalue weighted by molar-refractivity contribution is -0.147. The van der Waals surface area contributed by atoms with E-state index in [-0.39, 0.29) is 5.92 Å². The van der Waals surface area contributed by atoms with E-state index < -0.39 is 5.97 Å². The molecule has 2 aromatic carbocycles. The van der Waals surface area contributed by atoms with E-state index in [2.05, 4.69) is 60.4 Å². The second kappa shape index (κ2) is 9.84. The van der Waals surface area contributed by atoms with Crippen LogP contribution in [0.25, 0.3) is 5.57 Å². The fourth-order valence-electron chi connectivity index (χ4n) is 4.48. The van der Waals surface area contributed by atoms with Crippen LogP contribution in [0.15, 0.2) is 59.0 Å². The van der Waals surface area contributed by atoms with Gasteiger partial charge in [0.15, 0.2) is 0 Å². The second-order valence-corrected chi connectivity index (χ2v) is 9.74. The molecule has 0 aromatic heterocycles. The van der Waals surface area contributed by atoms with Gasteiger partial charge in [0.05, 0.1) is 5.92 Å². The molecule has 0 spiro atoms. The molecule has 4 heteroatoms. The molecule has 2 aromatic rings. The Morgan fingerprint density at radius 1 is 1.10 bits per heavy atom. The van der Waals surface area contributed by atoms with E-state index in [0.717, 1.165) is 19.4 Å². The van der Waals surface area contributed by atoms with Gasteiger partial charge < -0.3 is 5.11 Å². The fraction of sp³-hybridized carbons (Fsp3) is 0.423. The Labute approximate surface area is 184 Å². The zero-order chi connectivity index (χ0) is 20.9. The third-order valence-corrected chi connectivity index (χ3v) is 7.48. The molecule has 1 saturated heterocycles. The molecule has 0 saturated carbocycles. The van der Waals surface area contributed by atoms with Crippen LogP contribution in [0.2, 0.25) is 0 Å². The minimum absolute atomic E-state index is 0.172. The molecule has 4 rings (SSSR count). The maximum absolute atomic E-state index is 11.0. The summed E-state index contributed by atoms with van der Waals surface area (Å²) in [4.78, 5) is 14.7. The Morgan fingerprint density at radius 3 is 2.67 bits per heavy atom. The van der Waals surface area contributed by atoms with Crippen molar-refractivity contribution >= 4 is 23.3 Å². The molecular weight excluding hydrogens is 390 g/mol. The molecule has 0 bridgehead atoms. The quantitative estimate of drug-likeness (QED) is 0.426. The predicted molar refractivity (Wildman–Crippen MR) is 125 cm³/mol. The first-order valence-corrected chi connectivity index (χ1v) is 12.0. The molecule has 1 aliphatic heterocycles. The summed E-state index contributed by atoms with van der Waals surface area (Å²) in [5.41, 5.74) is 7.17. The number of aliphatic carboxylic acids is 1. The number of likely N-dealkylation sites (tertiary alicyclic amines) is 1. The van der Waals surface area contributed by atoms with Crippen molar-refractivity contribution in [2.24, 2.45) is 5.92 Å². The van der Waals surface area contributed by atoms with Crippen molar-refractivity contribution in [2.45, 2.75) is 43.9 Å². The Morgan fingerprint density at radius 2 is 1.90 bits per heavy atom. The van der Waals surface area contributed by atoms with Gasteiger partial charge in [-0.1, -0.05) is 42.0 Å². The predicted octanol–water partition coefficient (Wildman–Crippen LogP) is 5.54. The minimum atomic E-state index is -0.656. The molecule has 30 heavy (non-hydrogen) atoms. The molecule has 0 atom stereocenters. The number of hydrogen-bond donors (Lipinski definition) is 1. The van der Waals surface area contributed by atoms with Crippen molar-refractivity contribution < 1.29 is 9.90 Å². The summed E-state index contributed by atoms with van der Waals surface area (Å²) in [5, 5.41) is 9.07. The van der Waals surface area contributed by atoms with Crippen molar-refractivity contribution in [3.63, 3.8) is 0 Å². The van der Waals surface area contributed by atoms with Crippen LogP contribution in [0.1, 0.15) is 42.9 Å². The third kappa shape index (κ3) is 5.16. The Bertz CT molecular complexity index is 916. The monoisotopic (exact) mass is 421 g/mol. The summed E-state index contributed by atoms with van der Waals surface area (Å²) in [6.07, 6.45) is 5.85. The summed E-state index contributed by atoms with van der Waals surface area (Å²) < 4.78 is 0. The van der Waals surface area contributed by atoms with Gasteiger partial charge in [-0.05, 0) is 79.2 Å². The lowest BCUT2D eigenvalue weighted by Crippen LogP contribution is -2.50. The first kappa shape index (κ1) is 21.2. The highest BCUT2D eigenvalue weighted by Crippen LogP contribution is 2.35. The fourth-order valence-corrected chi connectivity index (χ4v) is 5.46. The molecular formula is C26H31NO2S. The molecule has 1 aliphatic carbocycles. The van der Waals surface area contributed by atoms with E-state index in [4.69, 9.17) is 5.11 Å². The maximum Gasteiger partial charge on any atom is 0.309 e. The number of hydrogen-bond acceptors (Lipinski definition) is 3. The van der Waals surface area contributed by atoms with Crippen LogP contribution in [-0.2, 0) is 17.6 Å². The summed E-state index contributed by atoms with van der Waals surface area (Å²) in [6, 6.07) is 17.7. The number of thioether (sulfide) groups is 1. The van der Waals surface area contributed by atoms with Crippen molar-refractivity contribution in [3.05, 3.63) is 70.8 Å². The largest absolute Gasteiger partial charge is 0.481 e. The second-order valence-electron chi connectivity index (χ2n) is 8.57. The van der Waals surface area contributed by atoms with E-state index in [1.54, 1.807) is 0 Å². The van der Waals surface area contributed by atoms with E-state index in [9.17, 15) is 4.79 Å². The zero-order valence-corrected chi connectivity index (χ0v) is 18.6. The molecule has 0 unspecified atom stereocenters. The van der Waals surface area contributed by atoms with Gasteiger partial charge in [-0.2, -0.15) is 0 Å². The lowest BCUT2D eigenvalue weighted by Gasteiger charge is -2.38. The Hall–Kier alpha value is -2.04. The topological polar surface area (TPSA) is 40.5 Å². The van der Waals surface area contributed by atoms with Gasteiger partial charge in [0, 0.05) is 24.5 Å². The van der Waals surface area contributed by atoms with Crippen molar-refractivity contribution in [1.82, 2.24) is 4.90 Å². The van der Waals surface area contributed by atoms with Gasteiger partial charge in [-0.25, -0.2) is 0 Å². The molecule has 1 heterocycles. The molecule has 3 nitrogen and oxygen atoms in total. The SMILES string of the molecule is CC1=C(CN2CC(C(=O)O)C2)CCc2cc(SCCCCc3ccccc3)ccc21. The number of allylic oxidation sites excluding steroid dienone is 1. The Balaban J connectivity index is 1.27. The summed E-state index contributed by atoms with van der Waals surface area (Å²) in [5.74, 6) is 0.343.